The summed E-state index contributed by atoms with van der Waals surface area (Å²) in [4.78, 5) is 4.34. The van der Waals surface area contributed by atoms with E-state index in [0.717, 1.165) is 25.1 Å². The van der Waals surface area contributed by atoms with E-state index in [9.17, 15) is 0 Å². The van der Waals surface area contributed by atoms with E-state index in [1.165, 1.54) is 0 Å². The molecule has 0 saturated carbocycles. The van der Waals surface area contributed by atoms with Crippen molar-refractivity contribution in [1.82, 2.24) is 15.2 Å². The highest BCUT2D eigenvalue weighted by atomic mass is 35.5. The summed E-state index contributed by atoms with van der Waals surface area (Å²) >= 11 is 6.08. The molecule has 0 aliphatic rings. The molecule has 2 aromatic rings. The molecule has 0 saturated heterocycles. The van der Waals surface area contributed by atoms with E-state index < -0.39 is 0 Å². The topological polar surface area (TPSA) is 72.0 Å². The molecule has 0 unspecified atom stereocenters. The van der Waals surface area contributed by atoms with Crippen LogP contribution in [-0.2, 0) is 0 Å². The maximum absolute atomic E-state index is 6.08. The molecule has 0 fully saturated rings. The van der Waals surface area contributed by atoms with Crippen molar-refractivity contribution in [2.75, 3.05) is 24.3 Å². The number of aromatic nitrogens is 3. The number of rotatable bonds is 7. The van der Waals surface area contributed by atoms with E-state index in [2.05, 4.69) is 32.7 Å². The number of hydrogen-bond acceptors (Lipinski definition) is 6. The Bertz CT molecular complexity index is 593. The minimum atomic E-state index is 0.415. The first-order valence-electron chi connectivity index (χ1n) is 6.77. The Labute approximate surface area is 128 Å². The van der Waals surface area contributed by atoms with Crippen LogP contribution >= 0.6 is 11.6 Å². The Morgan fingerprint density at radius 1 is 1.33 bits per heavy atom. The molecule has 21 heavy (non-hydrogen) atoms. The molecule has 0 spiro atoms. The number of anilines is 3. The van der Waals surface area contributed by atoms with Crippen LogP contribution in [0.25, 0.3) is 0 Å². The highest BCUT2D eigenvalue weighted by Crippen LogP contribution is 2.28. The van der Waals surface area contributed by atoms with Gasteiger partial charge < -0.3 is 15.4 Å². The van der Waals surface area contributed by atoms with Gasteiger partial charge in [-0.05, 0) is 24.6 Å². The molecule has 2 rings (SSSR count). The SMILES string of the molecule is CCCCNc1cnnc(Nc2ccc(OC)c(Cl)c2)n1. The van der Waals surface area contributed by atoms with Gasteiger partial charge in [0, 0.05) is 12.2 Å². The van der Waals surface area contributed by atoms with E-state index in [-0.39, 0.29) is 0 Å². The Kier molecular flexibility index (Phi) is 5.57. The van der Waals surface area contributed by atoms with Crippen LogP contribution in [0, 0.1) is 0 Å². The summed E-state index contributed by atoms with van der Waals surface area (Å²) in [6, 6.07) is 5.37. The highest BCUT2D eigenvalue weighted by Gasteiger charge is 2.04. The minimum absolute atomic E-state index is 0.415. The van der Waals surface area contributed by atoms with Gasteiger partial charge >= 0.3 is 0 Å². The molecule has 0 bridgehead atoms. The number of hydrogen-bond donors (Lipinski definition) is 2. The number of methoxy groups -OCH3 is 1. The lowest BCUT2D eigenvalue weighted by Crippen LogP contribution is -2.06. The Balaban J connectivity index is 2.05. The third kappa shape index (κ3) is 4.46. The third-order valence-corrected chi connectivity index (χ3v) is 3.10. The standard InChI is InChI=1S/C14H18ClN5O/c1-3-4-7-16-13-9-17-20-14(19-13)18-10-5-6-12(21-2)11(15)8-10/h5-6,8-9H,3-4,7H2,1-2H3,(H2,16,18,19,20). The molecular weight excluding hydrogens is 290 g/mol. The lowest BCUT2D eigenvalue weighted by atomic mass is 10.3. The molecule has 0 radical (unpaired) electrons. The lowest BCUT2D eigenvalue weighted by Gasteiger charge is -2.09. The number of nitrogens with zero attached hydrogens (tertiary/aromatic N) is 3. The largest absolute Gasteiger partial charge is 0.495 e. The second-order valence-electron chi connectivity index (χ2n) is 4.42. The molecule has 1 heterocycles. The summed E-state index contributed by atoms with van der Waals surface area (Å²) in [5.41, 5.74) is 0.772. The Hall–Kier alpha value is -2.08. The maximum atomic E-state index is 6.08. The van der Waals surface area contributed by atoms with Crippen molar-refractivity contribution in [3.05, 3.63) is 29.4 Å². The minimum Gasteiger partial charge on any atom is -0.495 e. The van der Waals surface area contributed by atoms with Crippen molar-refractivity contribution < 1.29 is 4.74 Å². The zero-order chi connectivity index (χ0) is 15.1. The van der Waals surface area contributed by atoms with Crippen LogP contribution in [0.5, 0.6) is 5.75 Å². The highest BCUT2D eigenvalue weighted by molar-refractivity contribution is 6.32. The zero-order valence-corrected chi connectivity index (χ0v) is 12.8. The van der Waals surface area contributed by atoms with Gasteiger partial charge in [0.25, 0.3) is 0 Å². The second kappa shape index (κ2) is 7.64. The van der Waals surface area contributed by atoms with Crippen LogP contribution in [0.1, 0.15) is 19.8 Å². The average molecular weight is 308 g/mol. The predicted octanol–water partition coefficient (Wildman–Crippen LogP) is 3.49. The maximum Gasteiger partial charge on any atom is 0.249 e. The smallest absolute Gasteiger partial charge is 0.249 e. The van der Waals surface area contributed by atoms with Crippen molar-refractivity contribution in [2.45, 2.75) is 19.8 Å². The molecule has 112 valence electrons. The summed E-state index contributed by atoms with van der Waals surface area (Å²) in [5, 5.41) is 14.7. The molecule has 1 aromatic heterocycles. The summed E-state index contributed by atoms with van der Waals surface area (Å²) in [5.74, 6) is 1.73. The van der Waals surface area contributed by atoms with Crippen LogP contribution < -0.4 is 15.4 Å². The van der Waals surface area contributed by atoms with E-state index in [1.807, 2.05) is 6.07 Å². The number of unbranched alkanes of at least 4 members (excludes halogenated alkanes) is 1. The first-order valence-corrected chi connectivity index (χ1v) is 7.15. The van der Waals surface area contributed by atoms with Crippen molar-refractivity contribution in [3.63, 3.8) is 0 Å². The fourth-order valence-corrected chi connectivity index (χ4v) is 1.97. The van der Waals surface area contributed by atoms with Crippen LogP contribution in [0.2, 0.25) is 5.02 Å². The van der Waals surface area contributed by atoms with Gasteiger partial charge in [-0.15, -0.1) is 5.10 Å². The van der Waals surface area contributed by atoms with Crippen LogP contribution in [0.4, 0.5) is 17.5 Å². The summed E-state index contributed by atoms with van der Waals surface area (Å²) in [7, 11) is 1.58. The number of benzene rings is 1. The zero-order valence-electron chi connectivity index (χ0n) is 12.1. The third-order valence-electron chi connectivity index (χ3n) is 2.80. The summed E-state index contributed by atoms with van der Waals surface area (Å²) < 4.78 is 5.11. The van der Waals surface area contributed by atoms with E-state index >= 15 is 0 Å². The molecule has 0 atom stereocenters. The molecule has 6 nitrogen and oxygen atoms in total. The average Bonchev–Trinajstić information content (AvgIpc) is 2.48. The first kappa shape index (κ1) is 15.3. The summed E-state index contributed by atoms with van der Waals surface area (Å²) in [6.45, 7) is 3.00. The predicted molar refractivity (Wildman–Crippen MR) is 84.5 cm³/mol. The number of nitrogens with one attached hydrogen (secondary N) is 2. The van der Waals surface area contributed by atoms with Gasteiger partial charge in [0.15, 0.2) is 5.82 Å². The number of halogens is 1. The number of ether oxygens (including phenoxy) is 1. The molecule has 1 aromatic carbocycles. The van der Waals surface area contributed by atoms with Crippen molar-refractivity contribution in [2.24, 2.45) is 0 Å². The van der Waals surface area contributed by atoms with Gasteiger partial charge in [-0.3, -0.25) is 0 Å². The van der Waals surface area contributed by atoms with E-state index in [4.69, 9.17) is 16.3 Å². The van der Waals surface area contributed by atoms with Gasteiger partial charge in [-0.2, -0.15) is 10.1 Å². The van der Waals surface area contributed by atoms with Gasteiger partial charge in [0.1, 0.15) is 5.75 Å². The fourth-order valence-electron chi connectivity index (χ4n) is 1.71. The van der Waals surface area contributed by atoms with Gasteiger partial charge in [0.05, 0.1) is 18.3 Å². The normalized spacial score (nSPS) is 10.2. The fraction of sp³-hybridized carbons (Fsp3) is 0.357. The summed E-state index contributed by atoms with van der Waals surface area (Å²) in [6.07, 6.45) is 3.81. The van der Waals surface area contributed by atoms with Gasteiger partial charge in [0.2, 0.25) is 5.95 Å². The van der Waals surface area contributed by atoms with Crippen LogP contribution in [-0.4, -0.2) is 28.8 Å². The molecule has 0 amide bonds. The lowest BCUT2D eigenvalue weighted by molar-refractivity contribution is 0.415. The van der Waals surface area contributed by atoms with Gasteiger partial charge in [-0.25, -0.2) is 0 Å². The Morgan fingerprint density at radius 2 is 2.19 bits per heavy atom. The molecule has 7 heteroatoms. The monoisotopic (exact) mass is 307 g/mol. The van der Waals surface area contributed by atoms with E-state index in [1.54, 1.807) is 25.4 Å². The van der Waals surface area contributed by atoms with Crippen LogP contribution in [0.3, 0.4) is 0 Å². The van der Waals surface area contributed by atoms with E-state index in [0.29, 0.717) is 22.5 Å². The van der Waals surface area contributed by atoms with Crippen molar-refractivity contribution >= 4 is 29.1 Å². The van der Waals surface area contributed by atoms with Crippen LogP contribution in [0.15, 0.2) is 24.4 Å². The first-order chi connectivity index (χ1) is 10.2. The van der Waals surface area contributed by atoms with Crippen molar-refractivity contribution in [3.8, 4) is 5.75 Å². The quantitative estimate of drug-likeness (QED) is 0.763. The Morgan fingerprint density at radius 3 is 2.90 bits per heavy atom. The van der Waals surface area contributed by atoms with Gasteiger partial charge in [-0.1, -0.05) is 24.9 Å². The molecule has 0 aliphatic heterocycles. The molecule has 0 aliphatic carbocycles. The van der Waals surface area contributed by atoms with Crippen molar-refractivity contribution in [1.29, 1.82) is 0 Å². The molecule has 2 N–H and O–H groups in total. The molecular formula is C14H18ClN5O. The second-order valence-corrected chi connectivity index (χ2v) is 4.83.